The minimum Gasteiger partial charge on any atom is -0.384 e. The number of benzene rings is 1. The first kappa shape index (κ1) is 13.2. The summed E-state index contributed by atoms with van der Waals surface area (Å²) in [7, 11) is 1.86. The molecule has 18 heavy (non-hydrogen) atoms. The lowest BCUT2D eigenvalue weighted by molar-refractivity contribution is 0.692. The molecule has 1 heterocycles. The average Bonchev–Trinajstić information content (AvgIpc) is 2.57. The smallest absolute Gasteiger partial charge is 0.127 e. The number of nitrogens with one attached hydrogen (secondary N) is 1. The van der Waals surface area contributed by atoms with E-state index in [9.17, 15) is 0 Å². The Labute approximate surface area is 118 Å². The average molecular weight is 325 g/mol. The Morgan fingerprint density at radius 1 is 1.44 bits per heavy atom. The molecule has 0 aliphatic rings. The van der Waals surface area contributed by atoms with Gasteiger partial charge in [-0.2, -0.15) is 5.10 Å². The third-order valence-electron chi connectivity index (χ3n) is 2.48. The minimum absolute atomic E-state index is 0.0511. The van der Waals surface area contributed by atoms with Crippen LogP contribution < -0.4 is 5.73 Å². The number of hydrogen-bond donors (Lipinski definition) is 2. The van der Waals surface area contributed by atoms with Crippen molar-refractivity contribution in [1.29, 1.82) is 5.41 Å². The molecule has 1 aromatic heterocycles. The topological polar surface area (TPSA) is 67.7 Å². The van der Waals surface area contributed by atoms with Gasteiger partial charge < -0.3 is 5.73 Å². The van der Waals surface area contributed by atoms with Gasteiger partial charge in [-0.3, -0.25) is 10.1 Å². The third kappa shape index (κ3) is 2.44. The van der Waals surface area contributed by atoms with Crippen LogP contribution in [0, 0.1) is 12.3 Å². The Hall–Kier alpha value is -1.27. The van der Waals surface area contributed by atoms with Gasteiger partial charge in [0.05, 0.1) is 11.3 Å². The standard InChI is InChI=1S/C12H13BrN4S/c1-7-10(11(14)15)12(17(2)16-7)18-9-6-4-3-5-8(9)13/h3-6H,1-2H3,(H3,14,15). The van der Waals surface area contributed by atoms with Gasteiger partial charge in [0, 0.05) is 16.4 Å². The second-order valence-corrected chi connectivity index (χ2v) is 5.72. The monoisotopic (exact) mass is 324 g/mol. The Morgan fingerprint density at radius 3 is 2.72 bits per heavy atom. The van der Waals surface area contributed by atoms with Gasteiger partial charge in [-0.05, 0) is 35.0 Å². The molecule has 1 aromatic carbocycles. The predicted molar refractivity (Wildman–Crippen MR) is 77.2 cm³/mol. The molecular formula is C12H13BrN4S. The highest BCUT2D eigenvalue weighted by atomic mass is 79.9. The van der Waals surface area contributed by atoms with E-state index in [-0.39, 0.29) is 5.84 Å². The van der Waals surface area contributed by atoms with Crippen LogP contribution >= 0.6 is 27.7 Å². The molecule has 2 aromatic rings. The Bertz CT molecular complexity index is 606. The fourth-order valence-electron chi connectivity index (χ4n) is 1.70. The van der Waals surface area contributed by atoms with E-state index >= 15 is 0 Å². The van der Waals surface area contributed by atoms with Gasteiger partial charge in [0.25, 0.3) is 0 Å². The van der Waals surface area contributed by atoms with E-state index in [1.165, 1.54) is 0 Å². The largest absolute Gasteiger partial charge is 0.384 e. The quantitative estimate of drug-likeness (QED) is 0.673. The van der Waals surface area contributed by atoms with E-state index < -0.39 is 0 Å². The number of nitrogens with two attached hydrogens (primary N) is 1. The molecule has 0 amide bonds. The van der Waals surface area contributed by atoms with Crippen molar-refractivity contribution in [1.82, 2.24) is 9.78 Å². The van der Waals surface area contributed by atoms with Crippen LogP contribution in [0.3, 0.4) is 0 Å². The first-order valence-corrected chi connectivity index (χ1v) is 6.92. The highest BCUT2D eigenvalue weighted by Gasteiger charge is 2.17. The van der Waals surface area contributed by atoms with E-state index in [1.54, 1.807) is 16.4 Å². The summed E-state index contributed by atoms with van der Waals surface area (Å²) in [4.78, 5) is 1.07. The second kappa shape index (κ2) is 5.16. The Morgan fingerprint density at radius 2 is 2.11 bits per heavy atom. The molecule has 0 radical (unpaired) electrons. The van der Waals surface area contributed by atoms with E-state index in [4.69, 9.17) is 11.1 Å². The first-order chi connectivity index (χ1) is 8.50. The Balaban J connectivity index is 2.47. The molecule has 0 spiro atoms. The summed E-state index contributed by atoms with van der Waals surface area (Å²) < 4.78 is 2.78. The maximum Gasteiger partial charge on any atom is 0.127 e. The van der Waals surface area contributed by atoms with Gasteiger partial charge in [0.15, 0.2) is 0 Å². The van der Waals surface area contributed by atoms with Gasteiger partial charge >= 0.3 is 0 Å². The highest BCUT2D eigenvalue weighted by Crippen LogP contribution is 2.35. The number of rotatable bonds is 3. The van der Waals surface area contributed by atoms with Crippen molar-refractivity contribution in [3.8, 4) is 0 Å². The van der Waals surface area contributed by atoms with Gasteiger partial charge in [0.2, 0.25) is 0 Å². The number of hydrogen-bond acceptors (Lipinski definition) is 3. The van der Waals surface area contributed by atoms with E-state index in [0.717, 1.165) is 20.1 Å². The summed E-state index contributed by atoms with van der Waals surface area (Å²) in [6.07, 6.45) is 0. The molecule has 2 rings (SSSR count). The molecule has 0 bridgehead atoms. The van der Waals surface area contributed by atoms with Crippen LogP contribution in [0.1, 0.15) is 11.3 Å². The summed E-state index contributed by atoms with van der Waals surface area (Å²) in [6.45, 7) is 1.86. The van der Waals surface area contributed by atoms with Gasteiger partial charge in [-0.15, -0.1) is 0 Å². The lowest BCUT2D eigenvalue weighted by atomic mass is 10.2. The Kier molecular flexibility index (Phi) is 3.77. The van der Waals surface area contributed by atoms with Crippen LogP contribution in [-0.4, -0.2) is 15.6 Å². The lowest BCUT2D eigenvalue weighted by Crippen LogP contribution is -2.13. The maximum atomic E-state index is 7.65. The fourth-order valence-corrected chi connectivity index (χ4v) is 3.28. The van der Waals surface area contributed by atoms with Crippen molar-refractivity contribution in [3.05, 3.63) is 40.0 Å². The first-order valence-electron chi connectivity index (χ1n) is 5.31. The number of nitrogens with zero attached hydrogens (tertiary/aromatic N) is 2. The predicted octanol–water partition coefficient (Wildman–Crippen LogP) is 2.93. The van der Waals surface area contributed by atoms with Crippen molar-refractivity contribution >= 4 is 33.5 Å². The number of amidine groups is 1. The zero-order valence-corrected chi connectivity index (χ0v) is 12.5. The maximum absolute atomic E-state index is 7.65. The molecular weight excluding hydrogens is 312 g/mol. The van der Waals surface area contributed by atoms with Crippen LogP contribution in [-0.2, 0) is 7.05 Å². The number of halogens is 1. The zero-order chi connectivity index (χ0) is 13.3. The van der Waals surface area contributed by atoms with Crippen molar-refractivity contribution in [2.45, 2.75) is 16.8 Å². The molecule has 3 N–H and O–H groups in total. The molecule has 0 aliphatic heterocycles. The highest BCUT2D eigenvalue weighted by molar-refractivity contribution is 9.10. The van der Waals surface area contributed by atoms with E-state index in [2.05, 4.69) is 21.0 Å². The molecule has 0 unspecified atom stereocenters. The van der Waals surface area contributed by atoms with Crippen LogP contribution in [0.2, 0.25) is 0 Å². The summed E-state index contributed by atoms with van der Waals surface area (Å²) in [5.74, 6) is 0.0511. The molecule has 0 atom stereocenters. The second-order valence-electron chi connectivity index (χ2n) is 3.84. The number of aromatic nitrogens is 2. The molecule has 6 heteroatoms. The third-order valence-corrected chi connectivity index (χ3v) is 4.67. The van der Waals surface area contributed by atoms with Crippen LogP contribution in [0.15, 0.2) is 38.7 Å². The summed E-state index contributed by atoms with van der Waals surface area (Å²) in [5.41, 5.74) is 7.11. The summed E-state index contributed by atoms with van der Waals surface area (Å²) in [5, 5.41) is 12.8. The molecule has 0 saturated carbocycles. The molecule has 0 saturated heterocycles. The number of nitrogen functional groups attached to an aromatic ring is 1. The SMILES string of the molecule is Cc1nn(C)c(Sc2ccccc2Br)c1C(=N)N. The van der Waals surface area contributed by atoms with Crippen LogP contribution in [0.4, 0.5) is 0 Å². The van der Waals surface area contributed by atoms with Crippen LogP contribution in [0.5, 0.6) is 0 Å². The number of aryl methyl sites for hydroxylation is 2. The van der Waals surface area contributed by atoms with Crippen molar-refractivity contribution in [3.63, 3.8) is 0 Å². The molecule has 4 nitrogen and oxygen atoms in total. The molecule has 0 fully saturated rings. The van der Waals surface area contributed by atoms with Gasteiger partial charge in [0.1, 0.15) is 10.9 Å². The van der Waals surface area contributed by atoms with Crippen molar-refractivity contribution in [2.24, 2.45) is 12.8 Å². The van der Waals surface area contributed by atoms with E-state index in [1.807, 2.05) is 38.2 Å². The molecule has 94 valence electrons. The van der Waals surface area contributed by atoms with Gasteiger partial charge in [-0.25, -0.2) is 0 Å². The fraction of sp³-hybridized carbons (Fsp3) is 0.167. The lowest BCUT2D eigenvalue weighted by Gasteiger charge is -2.06. The summed E-state index contributed by atoms with van der Waals surface area (Å²) >= 11 is 5.06. The van der Waals surface area contributed by atoms with E-state index in [0.29, 0.717) is 5.56 Å². The minimum atomic E-state index is 0.0511. The van der Waals surface area contributed by atoms with Crippen molar-refractivity contribution < 1.29 is 0 Å². The normalized spacial score (nSPS) is 10.6. The van der Waals surface area contributed by atoms with Gasteiger partial charge in [-0.1, -0.05) is 23.9 Å². The van der Waals surface area contributed by atoms with Crippen LogP contribution in [0.25, 0.3) is 0 Å². The van der Waals surface area contributed by atoms with Crippen molar-refractivity contribution in [2.75, 3.05) is 0 Å². The summed E-state index contributed by atoms with van der Waals surface area (Å²) in [6, 6.07) is 7.94. The molecule has 0 aliphatic carbocycles. The zero-order valence-electron chi connectivity index (χ0n) is 10.1.